The van der Waals surface area contributed by atoms with Crippen LogP contribution in [0.1, 0.15) is 17.9 Å². The van der Waals surface area contributed by atoms with Gasteiger partial charge in [0.15, 0.2) is 11.5 Å². The van der Waals surface area contributed by atoms with Crippen LogP contribution in [0.2, 0.25) is 0 Å². The summed E-state index contributed by atoms with van der Waals surface area (Å²) < 4.78 is 5.52. The molecule has 7 heteroatoms. The van der Waals surface area contributed by atoms with Crippen molar-refractivity contribution in [3.05, 3.63) is 53.8 Å². The molecule has 3 rings (SSSR count). The number of amides is 2. The zero-order chi connectivity index (χ0) is 17.3. The highest BCUT2D eigenvalue weighted by Crippen LogP contribution is 2.48. The average Bonchev–Trinajstić information content (AvgIpc) is 3.30. The molecule has 0 bridgehead atoms. The van der Waals surface area contributed by atoms with E-state index in [1.807, 2.05) is 6.07 Å². The molecule has 0 saturated heterocycles. The van der Waals surface area contributed by atoms with Gasteiger partial charge in [0.25, 0.3) is 0 Å². The van der Waals surface area contributed by atoms with Crippen LogP contribution in [0.4, 0.5) is 4.79 Å². The van der Waals surface area contributed by atoms with E-state index in [9.17, 15) is 19.6 Å². The number of nitrogens with zero attached hydrogens (tertiary/aromatic N) is 1. The predicted octanol–water partition coefficient (Wildman–Crippen LogP) is 1.53. The number of carbonyl (C=O) groups excluding carboxylic acids is 3. The summed E-state index contributed by atoms with van der Waals surface area (Å²) in [5.74, 6) is 0.0935. The second-order valence-corrected chi connectivity index (χ2v) is 5.81. The summed E-state index contributed by atoms with van der Waals surface area (Å²) in [6.45, 7) is 0.175. The SMILES string of the molecule is NC(=O)N(O)CC1CC1c1cccc(OC2=CC(=O)C=CC2=O)c1. The molecule has 0 aliphatic heterocycles. The third kappa shape index (κ3) is 3.52. The van der Waals surface area contributed by atoms with Crippen LogP contribution in [0.5, 0.6) is 5.75 Å². The molecule has 24 heavy (non-hydrogen) atoms. The van der Waals surface area contributed by atoms with Crippen molar-refractivity contribution >= 4 is 17.6 Å². The van der Waals surface area contributed by atoms with Crippen LogP contribution < -0.4 is 10.5 Å². The second-order valence-electron chi connectivity index (χ2n) is 5.81. The van der Waals surface area contributed by atoms with E-state index in [1.54, 1.807) is 18.2 Å². The van der Waals surface area contributed by atoms with Crippen molar-refractivity contribution in [2.45, 2.75) is 12.3 Å². The third-order valence-corrected chi connectivity index (χ3v) is 4.01. The van der Waals surface area contributed by atoms with Crippen molar-refractivity contribution in [3.63, 3.8) is 0 Å². The first-order valence-corrected chi connectivity index (χ1v) is 7.46. The Bertz CT molecular complexity index is 768. The van der Waals surface area contributed by atoms with Gasteiger partial charge in [-0.2, -0.15) is 0 Å². The molecule has 7 nitrogen and oxygen atoms in total. The molecule has 124 valence electrons. The Labute approximate surface area is 138 Å². The van der Waals surface area contributed by atoms with Gasteiger partial charge < -0.3 is 10.5 Å². The van der Waals surface area contributed by atoms with Gasteiger partial charge in [-0.25, -0.2) is 9.86 Å². The van der Waals surface area contributed by atoms with E-state index in [2.05, 4.69) is 0 Å². The number of rotatable bonds is 5. The number of hydrogen-bond acceptors (Lipinski definition) is 5. The van der Waals surface area contributed by atoms with E-state index >= 15 is 0 Å². The highest BCUT2D eigenvalue weighted by Gasteiger charge is 2.40. The Morgan fingerprint density at radius 1 is 1.33 bits per heavy atom. The zero-order valence-electron chi connectivity index (χ0n) is 12.7. The molecule has 0 radical (unpaired) electrons. The monoisotopic (exact) mass is 328 g/mol. The van der Waals surface area contributed by atoms with Crippen molar-refractivity contribution in [1.29, 1.82) is 0 Å². The molecule has 3 N–H and O–H groups in total. The van der Waals surface area contributed by atoms with Gasteiger partial charge in [-0.15, -0.1) is 0 Å². The van der Waals surface area contributed by atoms with Crippen LogP contribution in [0.25, 0.3) is 0 Å². The van der Waals surface area contributed by atoms with Crippen LogP contribution in [-0.2, 0) is 9.59 Å². The van der Waals surface area contributed by atoms with Gasteiger partial charge in [-0.3, -0.25) is 14.8 Å². The molecule has 1 saturated carbocycles. The zero-order valence-corrected chi connectivity index (χ0v) is 12.7. The number of hydroxylamine groups is 2. The number of benzene rings is 1. The van der Waals surface area contributed by atoms with Crippen molar-refractivity contribution in [3.8, 4) is 5.75 Å². The summed E-state index contributed by atoms with van der Waals surface area (Å²) in [4.78, 5) is 33.9. The summed E-state index contributed by atoms with van der Waals surface area (Å²) in [6, 6.07) is 6.30. The first-order valence-electron chi connectivity index (χ1n) is 7.46. The summed E-state index contributed by atoms with van der Waals surface area (Å²) in [5, 5.41) is 9.89. The van der Waals surface area contributed by atoms with Gasteiger partial charge in [0.2, 0.25) is 5.78 Å². The molecule has 2 aliphatic carbocycles. The Kier molecular flexibility index (Phi) is 4.18. The Morgan fingerprint density at radius 2 is 2.12 bits per heavy atom. The molecular formula is C17H16N2O5. The van der Waals surface area contributed by atoms with E-state index in [0.29, 0.717) is 10.8 Å². The van der Waals surface area contributed by atoms with Crippen LogP contribution in [0.15, 0.2) is 48.3 Å². The lowest BCUT2D eigenvalue weighted by atomic mass is 10.1. The number of ketones is 2. The maximum atomic E-state index is 11.7. The Balaban J connectivity index is 1.67. The molecule has 0 aromatic heterocycles. The molecular weight excluding hydrogens is 312 g/mol. The number of hydrogen-bond donors (Lipinski definition) is 2. The topological polar surface area (TPSA) is 110 Å². The fourth-order valence-electron chi connectivity index (χ4n) is 2.67. The number of primary amides is 1. The van der Waals surface area contributed by atoms with Crippen molar-refractivity contribution < 1.29 is 24.3 Å². The number of allylic oxidation sites excluding steroid dienone is 3. The molecule has 2 unspecified atom stereocenters. The maximum absolute atomic E-state index is 11.7. The average molecular weight is 328 g/mol. The minimum Gasteiger partial charge on any atom is -0.453 e. The molecule has 2 amide bonds. The number of nitrogens with two attached hydrogens (primary N) is 1. The third-order valence-electron chi connectivity index (χ3n) is 4.01. The fraction of sp³-hybridized carbons (Fsp3) is 0.235. The number of urea groups is 1. The summed E-state index contributed by atoms with van der Waals surface area (Å²) >= 11 is 0. The van der Waals surface area contributed by atoms with Crippen molar-refractivity contribution in [1.82, 2.24) is 5.06 Å². The van der Waals surface area contributed by atoms with Gasteiger partial charge in [0.05, 0.1) is 6.54 Å². The standard InChI is InChI=1S/C17H16N2O5/c18-17(22)19(23)9-11-7-14(11)10-2-1-3-13(6-10)24-16-8-12(20)4-5-15(16)21/h1-6,8,11,14,23H,7,9H2,(H2,18,22). The van der Waals surface area contributed by atoms with Gasteiger partial charge in [0.1, 0.15) is 5.75 Å². The lowest BCUT2D eigenvalue weighted by Crippen LogP contribution is -2.34. The highest BCUT2D eigenvalue weighted by atomic mass is 16.5. The maximum Gasteiger partial charge on any atom is 0.338 e. The lowest BCUT2D eigenvalue weighted by Gasteiger charge is -2.12. The van der Waals surface area contributed by atoms with E-state index < -0.39 is 6.03 Å². The minimum atomic E-state index is -0.877. The summed E-state index contributed by atoms with van der Waals surface area (Å²) in [6.07, 6.45) is 4.35. The predicted molar refractivity (Wildman–Crippen MR) is 83.2 cm³/mol. The largest absolute Gasteiger partial charge is 0.453 e. The first kappa shape index (κ1) is 15.9. The minimum absolute atomic E-state index is 0.0118. The molecule has 2 aliphatic rings. The van der Waals surface area contributed by atoms with Crippen molar-refractivity contribution in [2.75, 3.05) is 6.54 Å². The smallest absolute Gasteiger partial charge is 0.338 e. The van der Waals surface area contributed by atoms with E-state index in [0.717, 1.165) is 18.1 Å². The van der Waals surface area contributed by atoms with Crippen LogP contribution in [0.3, 0.4) is 0 Å². The number of carbonyl (C=O) groups is 3. The van der Waals surface area contributed by atoms with Gasteiger partial charge in [-0.1, -0.05) is 12.1 Å². The molecule has 1 aromatic rings. The molecule has 0 heterocycles. The summed E-state index contributed by atoms with van der Waals surface area (Å²) in [5.41, 5.74) is 5.97. The molecule has 1 aromatic carbocycles. The second kappa shape index (κ2) is 6.29. The Hall–Kier alpha value is -2.93. The molecule has 2 atom stereocenters. The molecule has 0 spiro atoms. The van der Waals surface area contributed by atoms with E-state index in [-0.39, 0.29) is 35.7 Å². The first-order chi connectivity index (χ1) is 11.4. The molecule has 1 fully saturated rings. The fourth-order valence-corrected chi connectivity index (χ4v) is 2.67. The lowest BCUT2D eigenvalue weighted by molar-refractivity contribution is -0.116. The van der Waals surface area contributed by atoms with Gasteiger partial charge in [0, 0.05) is 6.08 Å². The number of ether oxygens (including phenoxy) is 1. The van der Waals surface area contributed by atoms with E-state index in [1.165, 1.54) is 12.2 Å². The van der Waals surface area contributed by atoms with Crippen LogP contribution in [0, 0.1) is 5.92 Å². The van der Waals surface area contributed by atoms with Gasteiger partial charge >= 0.3 is 6.03 Å². The van der Waals surface area contributed by atoms with Gasteiger partial charge in [-0.05, 0) is 48.1 Å². The Morgan fingerprint density at radius 3 is 2.88 bits per heavy atom. The van der Waals surface area contributed by atoms with Crippen molar-refractivity contribution in [2.24, 2.45) is 11.7 Å². The normalized spacial score (nSPS) is 22.1. The van der Waals surface area contributed by atoms with Crippen LogP contribution >= 0.6 is 0 Å². The highest BCUT2D eigenvalue weighted by molar-refractivity contribution is 6.16. The van der Waals surface area contributed by atoms with Crippen LogP contribution in [-0.4, -0.2) is 34.4 Å². The van der Waals surface area contributed by atoms with E-state index in [4.69, 9.17) is 10.5 Å². The quantitative estimate of drug-likeness (QED) is 0.484. The summed E-state index contributed by atoms with van der Waals surface area (Å²) in [7, 11) is 0.